The monoisotopic (exact) mass is 231 g/mol. The van der Waals surface area contributed by atoms with Crippen molar-refractivity contribution in [3.8, 4) is 0 Å². The van der Waals surface area contributed by atoms with Crippen LogP contribution in [0.2, 0.25) is 0 Å². The van der Waals surface area contributed by atoms with Gasteiger partial charge < -0.3 is 9.64 Å². The maximum atomic E-state index is 11.5. The van der Waals surface area contributed by atoms with Gasteiger partial charge in [-0.3, -0.25) is 4.79 Å². The maximum absolute atomic E-state index is 11.5. The van der Waals surface area contributed by atoms with Crippen LogP contribution in [0.3, 0.4) is 0 Å². The molecule has 0 aliphatic carbocycles. The molecule has 0 amide bonds. The average Bonchev–Trinajstić information content (AvgIpc) is 2.27. The number of rotatable bonds is 5. The molecular formula is C11H21NO2S. The molecule has 1 saturated heterocycles. The summed E-state index contributed by atoms with van der Waals surface area (Å²) >= 11 is 1.88. The SMILES string of the molecule is CCOC(=O)C1CCN(CCSC)CC1. The predicted molar refractivity (Wildman–Crippen MR) is 64.2 cm³/mol. The Morgan fingerprint density at radius 1 is 1.47 bits per heavy atom. The van der Waals surface area contributed by atoms with Gasteiger partial charge in [0.25, 0.3) is 0 Å². The zero-order chi connectivity index (χ0) is 11.1. The highest BCUT2D eigenvalue weighted by Gasteiger charge is 2.25. The Labute approximate surface area is 96.5 Å². The summed E-state index contributed by atoms with van der Waals surface area (Å²) in [7, 11) is 0. The number of esters is 1. The summed E-state index contributed by atoms with van der Waals surface area (Å²) in [6.07, 6.45) is 4.06. The van der Waals surface area contributed by atoms with Gasteiger partial charge in [0, 0.05) is 12.3 Å². The molecule has 1 rings (SSSR count). The highest BCUT2D eigenvalue weighted by Crippen LogP contribution is 2.18. The summed E-state index contributed by atoms with van der Waals surface area (Å²) < 4.78 is 5.04. The lowest BCUT2D eigenvalue weighted by Crippen LogP contribution is -2.38. The number of carbonyl (C=O) groups is 1. The summed E-state index contributed by atoms with van der Waals surface area (Å²) in [4.78, 5) is 13.9. The number of thioether (sulfide) groups is 1. The molecule has 0 aromatic rings. The van der Waals surface area contributed by atoms with Crippen LogP contribution in [0.5, 0.6) is 0 Å². The van der Waals surface area contributed by atoms with Crippen LogP contribution < -0.4 is 0 Å². The Bertz CT molecular complexity index is 191. The molecular weight excluding hydrogens is 210 g/mol. The third-order valence-electron chi connectivity index (χ3n) is 2.82. The quantitative estimate of drug-likeness (QED) is 0.673. The second-order valence-electron chi connectivity index (χ2n) is 3.86. The van der Waals surface area contributed by atoms with Crippen molar-refractivity contribution < 1.29 is 9.53 Å². The van der Waals surface area contributed by atoms with Crippen molar-refractivity contribution in [2.45, 2.75) is 19.8 Å². The first-order chi connectivity index (χ1) is 7.27. The van der Waals surface area contributed by atoms with Crippen LogP contribution in [0, 0.1) is 5.92 Å². The first kappa shape index (κ1) is 12.8. The lowest BCUT2D eigenvalue weighted by atomic mass is 9.97. The Hall–Kier alpha value is -0.220. The fourth-order valence-electron chi connectivity index (χ4n) is 1.87. The maximum Gasteiger partial charge on any atom is 0.309 e. The Balaban J connectivity index is 2.20. The molecule has 0 aromatic carbocycles. The third-order valence-corrected chi connectivity index (χ3v) is 3.41. The zero-order valence-electron chi connectivity index (χ0n) is 9.70. The first-order valence-electron chi connectivity index (χ1n) is 5.65. The fourth-order valence-corrected chi connectivity index (χ4v) is 2.31. The Kier molecular flexibility index (Phi) is 6.10. The van der Waals surface area contributed by atoms with E-state index in [4.69, 9.17) is 4.74 Å². The second-order valence-corrected chi connectivity index (χ2v) is 4.85. The summed E-state index contributed by atoms with van der Waals surface area (Å²) in [5.74, 6) is 1.34. The van der Waals surface area contributed by atoms with E-state index in [0.29, 0.717) is 6.61 Å². The minimum atomic E-state index is 0.00187. The van der Waals surface area contributed by atoms with Crippen molar-refractivity contribution in [1.82, 2.24) is 4.90 Å². The molecule has 1 aliphatic heterocycles. The number of nitrogens with zero attached hydrogens (tertiary/aromatic N) is 1. The van der Waals surface area contributed by atoms with E-state index < -0.39 is 0 Å². The second kappa shape index (κ2) is 7.12. The van der Waals surface area contributed by atoms with Gasteiger partial charge in [0.15, 0.2) is 0 Å². The predicted octanol–water partition coefficient (Wildman–Crippen LogP) is 1.62. The molecule has 4 heteroatoms. The Morgan fingerprint density at radius 2 is 2.13 bits per heavy atom. The van der Waals surface area contributed by atoms with Gasteiger partial charge in [-0.05, 0) is 39.1 Å². The van der Waals surface area contributed by atoms with Crippen LogP contribution >= 0.6 is 11.8 Å². The van der Waals surface area contributed by atoms with E-state index in [-0.39, 0.29) is 11.9 Å². The number of hydrogen-bond donors (Lipinski definition) is 0. The van der Waals surface area contributed by atoms with Gasteiger partial charge in [0.1, 0.15) is 0 Å². The molecule has 88 valence electrons. The highest BCUT2D eigenvalue weighted by molar-refractivity contribution is 7.98. The van der Waals surface area contributed by atoms with Gasteiger partial charge >= 0.3 is 5.97 Å². The van der Waals surface area contributed by atoms with Crippen molar-refractivity contribution in [3.05, 3.63) is 0 Å². The smallest absolute Gasteiger partial charge is 0.309 e. The largest absolute Gasteiger partial charge is 0.466 e. The van der Waals surface area contributed by atoms with Gasteiger partial charge in [-0.15, -0.1) is 0 Å². The normalized spacial score (nSPS) is 19.1. The van der Waals surface area contributed by atoms with Gasteiger partial charge in [-0.1, -0.05) is 0 Å². The highest BCUT2D eigenvalue weighted by atomic mass is 32.2. The molecule has 1 aliphatic rings. The summed E-state index contributed by atoms with van der Waals surface area (Å²) in [5, 5.41) is 0. The zero-order valence-corrected chi connectivity index (χ0v) is 10.5. The number of carbonyl (C=O) groups excluding carboxylic acids is 1. The topological polar surface area (TPSA) is 29.5 Å². The number of piperidine rings is 1. The van der Waals surface area contributed by atoms with Gasteiger partial charge in [0.05, 0.1) is 12.5 Å². The molecule has 0 saturated carbocycles. The fraction of sp³-hybridized carbons (Fsp3) is 0.909. The molecule has 0 spiro atoms. The van der Waals surface area contributed by atoms with E-state index >= 15 is 0 Å². The first-order valence-corrected chi connectivity index (χ1v) is 7.05. The number of likely N-dealkylation sites (tertiary alicyclic amines) is 1. The van der Waals surface area contributed by atoms with Gasteiger partial charge in [-0.2, -0.15) is 11.8 Å². The van der Waals surface area contributed by atoms with Crippen molar-refractivity contribution in [2.24, 2.45) is 5.92 Å². The van der Waals surface area contributed by atoms with Crippen molar-refractivity contribution in [2.75, 3.05) is 38.2 Å². The lowest BCUT2D eigenvalue weighted by molar-refractivity contribution is -0.149. The van der Waals surface area contributed by atoms with E-state index in [1.807, 2.05) is 18.7 Å². The molecule has 0 unspecified atom stereocenters. The van der Waals surface area contributed by atoms with E-state index in [1.165, 1.54) is 5.75 Å². The van der Waals surface area contributed by atoms with E-state index in [1.54, 1.807) is 0 Å². The molecule has 1 fully saturated rings. The molecule has 3 nitrogen and oxygen atoms in total. The molecule has 15 heavy (non-hydrogen) atoms. The summed E-state index contributed by atoms with van der Waals surface area (Å²) in [5.41, 5.74) is 0. The average molecular weight is 231 g/mol. The third kappa shape index (κ3) is 4.43. The van der Waals surface area contributed by atoms with Crippen LogP contribution in [0.1, 0.15) is 19.8 Å². The van der Waals surface area contributed by atoms with E-state index in [2.05, 4.69) is 11.2 Å². The molecule has 1 heterocycles. The van der Waals surface area contributed by atoms with E-state index in [0.717, 1.165) is 32.5 Å². The van der Waals surface area contributed by atoms with Crippen LogP contribution in [0.15, 0.2) is 0 Å². The number of ether oxygens (including phenoxy) is 1. The molecule has 0 radical (unpaired) electrons. The van der Waals surface area contributed by atoms with Crippen LogP contribution in [0.25, 0.3) is 0 Å². The van der Waals surface area contributed by atoms with Crippen molar-refractivity contribution in [1.29, 1.82) is 0 Å². The van der Waals surface area contributed by atoms with Crippen molar-refractivity contribution >= 4 is 17.7 Å². The van der Waals surface area contributed by atoms with Gasteiger partial charge in [-0.25, -0.2) is 0 Å². The molecule has 0 atom stereocenters. The van der Waals surface area contributed by atoms with Crippen LogP contribution in [-0.4, -0.2) is 49.1 Å². The minimum Gasteiger partial charge on any atom is -0.466 e. The minimum absolute atomic E-state index is 0.00187. The molecule has 0 aromatic heterocycles. The Morgan fingerprint density at radius 3 is 2.67 bits per heavy atom. The van der Waals surface area contributed by atoms with Crippen molar-refractivity contribution in [3.63, 3.8) is 0 Å². The summed E-state index contributed by atoms with van der Waals surface area (Å²) in [6, 6.07) is 0. The van der Waals surface area contributed by atoms with Gasteiger partial charge in [0.2, 0.25) is 0 Å². The summed E-state index contributed by atoms with van der Waals surface area (Å²) in [6.45, 7) is 5.61. The molecule has 0 N–H and O–H groups in total. The number of hydrogen-bond acceptors (Lipinski definition) is 4. The van der Waals surface area contributed by atoms with Crippen LogP contribution in [0.4, 0.5) is 0 Å². The molecule has 0 bridgehead atoms. The van der Waals surface area contributed by atoms with E-state index in [9.17, 15) is 4.79 Å². The van der Waals surface area contributed by atoms with Crippen LogP contribution in [-0.2, 0) is 9.53 Å². The lowest BCUT2D eigenvalue weighted by Gasteiger charge is -2.30. The standard InChI is InChI=1S/C11H21NO2S/c1-3-14-11(13)10-4-6-12(7-5-10)8-9-15-2/h10H,3-9H2,1-2H3.